The Bertz CT molecular complexity index is 238. The molecule has 0 aromatic carbocycles. The summed E-state index contributed by atoms with van der Waals surface area (Å²) >= 11 is 0. The number of carbonyl (C=O) groups excluding carboxylic acids is 1. The van der Waals surface area contributed by atoms with Gasteiger partial charge in [-0.15, -0.1) is 0 Å². The molecule has 2 atom stereocenters. The van der Waals surface area contributed by atoms with E-state index in [4.69, 9.17) is 5.73 Å². The Balaban J connectivity index is 2.66. The minimum atomic E-state index is 0.0705. The number of hydrogen-bond acceptors (Lipinski definition) is 2. The Hall–Kier alpha value is -0.570. The van der Waals surface area contributed by atoms with Gasteiger partial charge in [-0.25, -0.2) is 0 Å². The summed E-state index contributed by atoms with van der Waals surface area (Å²) in [5.41, 5.74) is 6.00. The minimum absolute atomic E-state index is 0.0705. The van der Waals surface area contributed by atoms with Gasteiger partial charge >= 0.3 is 0 Å². The molecule has 2 N–H and O–H groups in total. The summed E-state index contributed by atoms with van der Waals surface area (Å²) in [5, 5.41) is 0. The first-order valence-electron chi connectivity index (χ1n) is 6.49. The predicted octanol–water partition coefficient (Wildman–Crippen LogP) is 2.01. The molecule has 3 heteroatoms. The van der Waals surface area contributed by atoms with Crippen LogP contribution >= 0.6 is 0 Å². The summed E-state index contributed by atoms with van der Waals surface area (Å²) in [4.78, 5) is 14.4. The fourth-order valence-corrected chi connectivity index (χ4v) is 2.46. The molecule has 0 spiro atoms. The summed E-state index contributed by atoms with van der Waals surface area (Å²) in [6.07, 6.45) is 3.08. The van der Waals surface area contributed by atoms with E-state index >= 15 is 0 Å². The highest BCUT2D eigenvalue weighted by Crippen LogP contribution is 2.26. The maximum atomic E-state index is 12.4. The average molecular weight is 226 g/mol. The number of rotatable bonds is 4. The summed E-state index contributed by atoms with van der Waals surface area (Å²) in [5.74, 6) is 0.860. The lowest BCUT2D eigenvalue weighted by Crippen LogP contribution is -2.46. The van der Waals surface area contributed by atoms with E-state index in [1.165, 1.54) is 0 Å². The lowest BCUT2D eigenvalue weighted by atomic mass is 10.0. The van der Waals surface area contributed by atoms with Crippen LogP contribution in [0.2, 0.25) is 0 Å². The topological polar surface area (TPSA) is 46.3 Å². The molecular formula is C13H26N2O. The number of carbonyl (C=O) groups is 1. The monoisotopic (exact) mass is 226 g/mol. The van der Waals surface area contributed by atoms with Crippen LogP contribution in [0.3, 0.4) is 0 Å². The van der Waals surface area contributed by atoms with Crippen LogP contribution in [0.15, 0.2) is 0 Å². The zero-order valence-corrected chi connectivity index (χ0v) is 11.1. The third kappa shape index (κ3) is 3.21. The van der Waals surface area contributed by atoms with Crippen molar-refractivity contribution in [1.82, 2.24) is 4.90 Å². The van der Waals surface area contributed by atoms with Crippen molar-refractivity contribution in [3.63, 3.8) is 0 Å². The van der Waals surface area contributed by atoms with Crippen LogP contribution in [0, 0.1) is 11.8 Å². The molecule has 3 nitrogen and oxygen atoms in total. The summed E-state index contributed by atoms with van der Waals surface area (Å²) in [6, 6.07) is 0.364. The number of nitrogens with two attached hydrogens (primary N) is 1. The molecule has 0 radical (unpaired) electrons. The molecule has 0 saturated heterocycles. The minimum Gasteiger partial charge on any atom is -0.340 e. The average Bonchev–Trinajstić information content (AvgIpc) is 2.59. The van der Waals surface area contributed by atoms with Gasteiger partial charge in [0.2, 0.25) is 5.91 Å². The Morgan fingerprint density at radius 3 is 2.31 bits per heavy atom. The second-order valence-corrected chi connectivity index (χ2v) is 5.68. The summed E-state index contributed by atoms with van der Waals surface area (Å²) in [7, 11) is 0. The van der Waals surface area contributed by atoms with E-state index in [9.17, 15) is 4.79 Å². The standard InChI is InChI=1S/C13H26N2O/c1-9(2)8-15(10(3)4)13(16)11-6-5-7-12(11)14/h9-12H,5-8,14H2,1-4H3. The van der Waals surface area contributed by atoms with Crippen molar-refractivity contribution in [2.45, 2.75) is 59.0 Å². The first-order valence-corrected chi connectivity index (χ1v) is 6.49. The molecule has 0 aromatic heterocycles. The fraction of sp³-hybridized carbons (Fsp3) is 0.923. The largest absolute Gasteiger partial charge is 0.340 e. The zero-order chi connectivity index (χ0) is 12.3. The van der Waals surface area contributed by atoms with Crippen molar-refractivity contribution in [2.24, 2.45) is 17.6 Å². The zero-order valence-electron chi connectivity index (χ0n) is 11.1. The van der Waals surface area contributed by atoms with Gasteiger partial charge in [0.1, 0.15) is 0 Å². The van der Waals surface area contributed by atoms with E-state index in [2.05, 4.69) is 27.7 Å². The van der Waals surface area contributed by atoms with Crippen LogP contribution in [0.4, 0.5) is 0 Å². The number of hydrogen-bond donors (Lipinski definition) is 1. The first-order chi connectivity index (χ1) is 7.43. The molecule has 0 bridgehead atoms. The SMILES string of the molecule is CC(C)CN(C(=O)C1CCCC1N)C(C)C. The number of nitrogens with zero attached hydrogens (tertiary/aromatic N) is 1. The van der Waals surface area contributed by atoms with Gasteiger partial charge in [-0.1, -0.05) is 20.3 Å². The lowest BCUT2D eigenvalue weighted by molar-refractivity contribution is -0.138. The Kier molecular flexibility index (Phi) is 4.78. The van der Waals surface area contributed by atoms with Gasteiger partial charge in [-0.2, -0.15) is 0 Å². The van der Waals surface area contributed by atoms with Gasteiger partial charge in [-0.05, 0) is 32.6 Å². The van der Waals surface area contributed by atoms with Crippen LogP contribution in [0.5, 0.6) is 0 Å². The molecule has 16 heavy (non-hydrogen) atoms. The Labute approximate surface area is 99.4 Å². The van der Waals surface area contributed by atoms with Gasteiger partial charge in [0.15, 0.2) is 0 Å². The van der Waals surface area contributed by atoms with Crippen molar-refractivity contribution in [3.05, 3.63) is 0 Å². The van der Waals surface area contributed by atoms with Gasteiger partial charge in [-0.3, -0.25) is 4.79 Å². The molecule has 0 aliphatic heterocycles. The Morgan fingerprint density at radius 2 is 1.94 bits per heavy atom. The number of amides is 1. The highest BCUT2D eigenvalue weighted by atomic mass is 16.2. The van der Waals surface area contributed by atoms with Gasteiger partial charge in [0.25, 0.3) is 0 Å². The van der Waals surface area contributed by atoms with Gasteiger partial charge in [0, 0.05) is 18.6 Å². The highest BCUT2D eigenvalue weighted by Gasteiger charge is 2.34. The van der Waals surface area contributed by atoms with Crippen molar-refractivity contribution in [2.75, 3.05) is 6.54 Å². The molecule has 0 aromatic rings. The molecule has 1 amide bonds. The maximum absolute atomic E-state index is 12.4. The summed E-state index contributed by atoms with van der Waals surface area (Å²) < 4.78 is 0. The van der Waals surface area contributed by atoms with Gasteiger partial charge < -0.3 is 10.6 Å². The third-order valence-electron chi connectivity index (χ3n) is 3.35. The molecular weight excluding hydrogens is 200 g/mol. The van der Waals surface area contributed by atoms with Crippen LogP contribution in [0.1, 0.15) is 47.0 Å². The van der Waals surface area contributed by atoms with Crippen LogP contribution < -0.4 is 5.73 Å². The van der Waals surface area contributed by atoms with Crippen LogP contribution in [0.25, 0.3) is 0 Å². The van der Waals surface area contributed by atoms with E-state index < -0.39 is 0 Å². The first kappa shape index (κ1) is 13.5. The Morgan fingerprint density at radius 1 is 1.31 bits per heavy atom. The van der Waals surface area contributed by atoms with Crippen molar-refractivity contribution in [3.8, 4) is 0 Å². The lowest BCUT2D eigenvalue weighted by Gasteiger charge is -2.32. The van der Waals surface area contributed by atoms with E-state index in [-0.39, 0.29) is 23.9 Å². The molecule has 0 heterocycles. The second-order valence-electron chi connectivity index (χ2n) is 5.68. The van der Waals surface area contributed by atoms with E-state index in [1.54, 1.807) is 0 Å². The third-order valence-corrected chi connectivity index (χ3v) is 3.35. The normalized spacial score (nSPS) is 25.4. The molecule has 1 aliphatic carbocycles. The predicted molar refractivity (Wildman–Crippen MR) is 67.0 cm³/mol. The molecule has 1 saturated carbocycles. The van der Waals surface area contributed by atoms with Crippen LogP contribution in [-0.2, 0) is 4.79 Å². The van der Waals surface area contributed by atoms with E-state index in [0.29, 0.717) is 5.92 Å². The van der Waals surface area contributed by atoms with Crippen LogP contribution in [-0.4, -0.2) is 29.4 Å². The van der Waals surface area contributed by atoms with E-state index in [1.807, 2.05) is 4.90 Å². The molecule has 1 aliphatic rings. The van der Waals surface area contributed by atoms with Crippen molar-refractivity contribution < 1.29 is 4.79 Å². The quantitative estimate of drug-likeness (QED) is 0.797. The van der Waals surface area contributed by atoms with E-state index in [0.717, 1.165) is 25.8 Å². The smallest absolute Gasteiger partial charge is 0.227 e. The highest BCUT2D eigenvalue weighted by molar-refractivity contribution is 5.80. The molecule has 94 valence electrons. The molecule has 1 rings (SSSR count). The molecule has 2 unspecified atom stereocenters. The summed E-state index contributed by atoms with van der Waals surface area (Å²) in [6.45, 7) is 9.32. The van der Waals surface area contributed by atoms with Gasteiger partial charge in [0.05, 0.1) is 5.92 Å². The second kappa shape index (κ2) is 5.67. The maximum Gasteiger partial charge on any atom is 0.227 e. The van der Waals surface area contributed by atoms with Crippen molar-refractivity contribution >= 4 is 5.91 Å². The fourth-order valence-electron chi connectivity index (χ4n) is 2.46. The van der Waals surface area contributed by atoms with Crippen molar-refractivity contribution in [1.29, 1.82) is 0 Å². The molecule has 1 fully saturated rings.